The van der Waals surface area contributed by atoms with Crippen molar-refractivity contribution in [3.63, 3.8) is 0 Å². The molecular formula is C24H48N2O2. The number of nitrogens with two attached hydrogens (primary N) is 1. The van der Waals surface area contributed by atoms with Gasteiger partial charge in [0, 0.05) is 18.5 Å². The Morgan fingerprint density at radius 2 is 1.43 bits per heavy atom. The third-order valence-electron chi connectivity index (χ3n) is 6.25. The van der Waals surface area contributed by atoms with Crippen molar-refractivity contribution in [2.45, 2.75) is 147 Å². The van der Waals surface area contributed by atoms with Crippen LogP contribution in [0.3, 0.4) is 0 Å². The zero-order valence-electron chi connectivity index (χ0n) is 18.6. The zero-order chi connectivity index (χ0) is 20.5. The molecule has 1 unspecified atom stereocenters. The quantitative estimate of drug-likeness (QED) is 0.280. The molecule has 4 heteroatoms. The average Bonchev–Trinajstić information content (AvgIpc) is 2.68. The minimum atomic E-state index is -0.0776. The molecule has 0 aromatic carbocycles. The third-order valence-corrected chi connectivity index (χ3v) is 6.25. The Morgan fingerprint density at radius 1 is 0.893 bits per heavy atom. The highest BCUT2D eigenvalue weighted by Gasteiger charge is 2.22. The van der Waals surface area contributed by atoms with Gasteiger partial charge in [-0.1, -0.05) is 90.4 Å². The lowest BCUT2D eigenvalue weighted by atomic mass is 9.91. The summed E-state index contributed by atoms with van der Waals surface area (Å²) in [5.74, 6) is 0.190. The van der Waals surface area contributed by atoms with E-state index in [-0.39, 0.29) is 24.1 Å². The van der Waals surface area contributed by atoms with Crippen LogP contribution in [0.25, 0.3) is 0 Å². The zero-order valence-corrected chi connectivity index (χ0v) is 18.6. The van der Waals surface area contributed by atoms with E-state index in [1.165, 1.54) is 77.0 Å². The Bertz CT molecular complexity index is 376. The summed E-state index contributed by atoms with van der Waals surface area (Å²) in [5.41, 5.74) is 6.09. The van der Waals surface area contributed by atoms with Crippen molar-refractivity contribution in [3.8, 4) is 0 Å². The second-order valence-electron chi connectivity index (χ2n) is 8.99. The molecule has 1 aliphatic carbocycles. The lowest BCUT2D eigenvalue weighted by molar-refractivity contribution is -0.122. The van der Waals surface area contributed by atoms with E-state index >= 15 is 0 Å². The van der Waals surface area contributed by atoms with Crippen LogP contribution in [-0.4, -0.2) is 29.2 Å². The summed E-state index contributed by atoms with van der Waals surface area (Å²) in [6.45, 7) is 2.22. The first-order valence-electron chi connectivity index (χ1n) is 12.4. The van der Waals surface area contributed by atoms with Gasteiger partial charge in [0.05, 0.1) is 6.10 Å². The lowest BCUT2D eigenvalue weighted by Crippen LogP contribution is -2.49. The van der Waals surface area contributed by atoms with Crippen LogP contribution in [0.15, 0.2) is 0 Å². The second-order valence-corrected chi connectivity index (χ2v) is 8.99. The molecule has 0 heterocycles. The molecule has 1 fully saturated rings. The summed E-state index contributed by atoms with van der Waals surface area (Å²) in [4.78, 5) is 12.0. The van der Waals surface area contributed by atoms with Crippen LogP contribution in [0.4, 0.5) is 0 Å². The standard InChI is InChI=1S/C24H48N2O2/c1-2-3-4-11-16-21(27)17-12-9-7-5-6-8-10-13-20-24(28)26-23-19-15-14-18-22(23)25/h21-23,27H,2-20,25H2,1H3,(H,26,28)/t21?,22-,23-/m0/s1. The van der Waals surface area contributed by atoms with Crippen molar-refractivity contribution < 1.29 is 9.90 Å². The van der Waals surface area contributed by atoms with Crippen molar-refractivity contribution in [3.05, 3.63) is 0 Å². The molecule has 1 saturated carbocycles. The van der Waals surface area contributed by atoms with Gasteiger partial charge in [0.15, 0.2) is 0 Å². The molecule has 0 aliphatic heterocycles. The molecule has 4 nitrogen and oxygen atoms in total. The summed E-state index contributed by atoms with van der Waals surface area (Å²) in [5, 5.41) is 13.1. The maximum absolute atomic E-state index is 12.0. The van der Waals surface area contributed by atoms with Gasteiger partial charge in [-0.2, -0.15) is 0 Å². The van der Waals surface area contributed by atoms with Gasteiger partial charge in [-0.25, -0.2) is 0 Å². The van der Waals surface area contributed by atoms with Crippen LogP contribution < -0.4 is 11.1 Å². The van der Waals surface area contributed by atoms with E-state index in [0.717, 1.165) is 38.5 Å². The Kier molecular flexibility index (Phi) is 15.7. The maximum Gasteiger partial charge on any atom is 0.220 e. The average molecular weight is 397 g/mol. The fourth-order valence-electron chi connectivity index (χ4n) is 4.29. The first-order chi connectivity index (χ1) is 13.6. The molecule has 0 spiro atoms. The van der Waals surface area contributed by atoms with Crippen LogP contribution in [0, 0.1) is 0 Å². The van der Waals surface area contributed by atoms with Gasteiger partial charge in [-0.05, 0) is 32.1 Å². The molecule has 0 radical (unpaired) electrons. The van der Waals surface area contributed by atoms with Crippen molar-refractivity contribution in [1.29, 1.82) is 0 Å². The molecule has 0 bridgehead atoms. The molecule has 0 aromatic heterocycles. The lowest BCUT2D eigenvalue weighted by Gasteiger charge is -2.29. The number of nitrogens with one attached hydrogen (secondary N) is 1. The number of unbranched alkanes of at least 4 members (excludes halogenated alkanes) is 10. The minimum absolute atomic E-state index is 0.0776. The first-order valence-corrected chi connectivity index (χ1v) is 12.4. The van der Waals surface area contributed by atoms with E-state index in [2.05, 4.69) is 12.2 Å². The van der Waals surface area contributed by atoms with Gasteiger partial charge >= 0.3 is 0 Å². The van der Waals surface area contributed by atoms with E-state index in [4.69, 9.17) is 5.73 Å². The monoisotopic (exact) mass is 396 g/mol. The molecule has 166 valence electrons. The van der Waals surface area contributed by atoms with E-state index in [1.807, 2.05) is 0 Å². The summed E-state index contributed by atoms with van der Waals surface area (Å²) >= 11 is 0. The number of hydrogen-bond donors (Lipinski definition) is 3. The third kappa shape index (κ3) is 13.5. The van der Waals surface area contributed by atoms with E-state index in [0.29, 0.717) is 6.42 Å². The Labute approximate surface area is 174 Å². The molecule has 28 heavy (non-hydrogen) atoms. The fraction of sp³-hybridized carbons (Fsp3) is 0.958. The SMILES string of the molecule is CCCCCCC(O)CCCCCCCCCCC(=O)N[C@H]1CCCC[C@@H]1N. The highest BCUT2D eigenvalue weighted by Crippen LogP contribution is 2.17. The minimum Gasteiger partial charge on any atom is -0.393 e. The number of aliphatic hydroxyl groups is 1. The molecule has 0 aromatic rings. The van der Waals surface area contributed by atoms with Crippen LogP contribution in [-0.2, 0) is 4.79 Å². The van der Waals surface area contributed by atoms with Crippen molar-refractivity contribution in [1.82, 2.24) is 5.32 Å². The Balaban J connectivity index is 1.83. The normalized spacial score (nSPS) is 20.8. The van der Waals surface area contributed by atoms with Gasteiger partial charge in [0.2, 0.25) is 5.91 Å². The van der Waals surface area contributed by atoms with E-state index < -0.39 is 0 Å². The van der Waals surface area contributed by atoms with Crippen molar-refractivity contribution >= 4 is 5.91 Å². The second kappa shape index (κ2) is 17.3. The van der Waals surface area contributed by atoms with Gasteiger partial charge < -0.3 is 16.2 Å². The molecule has 1 aliphatic rings. The molecule has 1 rings (SSSR count). The maximum atomic E-state index is 12.0. The predicted molar refractivity (Wildman–Crippen MR) is 119 cm³/mol. The molecule has 1 amide bonds. The summed E-state index contributed by atoms with van der Waals surface area (Å²) in [7, 11) is 0. The van der Waals surface area contributed by atoms with Gasteiger partial charge in [0.1, 0.15) is 0 Å². The van der Waals surface area contributed by atoms with Gasteiger partial charge in [-0.15, -0.1) is 0 Å². The van der Waals surface area contributed by atoms with Crippen LogP contribution in [0.2, 0.25) is 0 Å². The largest absolute Gasteiger partial charge is 0.393 e. The number of aliphatic hydroxyl groups excluding tert-OH is 1. The number of carbonyl (C=O) groups is 1. The molecule has 4 N–H and O–H groups in total. The number of hydrogen-bond acceptors (Lipinski definition) is 3. The van der Waals surface area contributed by atoms with Crippen molar-refractivity contribution in [2.75, 3.05) is 0 Å². The summed E-state index contributed by atoms with van der Waals surface area (Å²) in [6, 6.07) is 0.357. The fourth-order valence-corrected chi connectivity index (χ4v) is 4.29. The summed E-state index contributed by atoms with van der Waals surface area (Å²) in [6.07, 6.45) is 21.7. The Morgan fingerprint density at radius 3 is 2.04 bits per heavy atom. The van der Waals surface area contributed by atoms with Crippen LogP contribution in [0.1, 0.15) is 129 Å². The van der Waals surface area contributed by atoms with Crippen molar-refractivity contribution in [2.24, 2.45) is 5.73 Å². The number of amides is 1. The number of carbonyl (C=O) groups excluding carboxylic acids is 1. The van der Waals surface area contributed by atoms with Gasteiger partial charge in [-0.3, -0.25) is 4.79 Å². The smallest absolute Gasteiger partial charge is 0.220 e. The number of rotatable bonds is 17. The van der Waals surface area contributed by atoms with Crippen LogP contribution >= 0.6 is 0 Å². The topological polar surface area (TPSA) is 75.3 Å². The molecule has 0 saturated heterocycles. The summed E-state index contributed by atoms with van der Waals surface area (Å²) < 4.78 is 0. The van der Waals surface area contributed by atoms with Crippen LogP contribution in [0.5, 0.6) is 0 Å². The predicted octanol–water partition coefficient (Wildman–Crippen LogP) is 5.60. The highest BCUT2D eigenvalue weighted by molar-refractivity contribution is 5.76. The molecular weight excluding hydrogens is 348 g/mol. The Hall–Kier alpha value is -0.610. The van der Waals surface area contributed by atoms with E-state index in [1.54, 1.807) is 0 Å². The highest BCUT2D eigenvalue weighted by atomic mass is 16.3. The molecule has 3 atom stereocenters. The van der Waals surface area contributed by atoms with E-state index in [9.17, 15) is 9.90 Å². The van der Waals surface area contributed by atoms with Gasteiger partial charge in [0.25, 0.3) is 0 Å². The first kappa shape index (κ1) is 25.4.